The molecule has 144 valence electrons. The molecule has 0 unspecified atom stereocenters. The van der Waals surface area contributed by atoms with Gasteiger partial charge in [0.25, 0.3) is 0 Å². The van der Waals surface area contributed by atoms with Gasteiger partial charge in [-0.2, -0.15) is 10.4 Å². The number of hydrogen-bond acceptors (Lipinski definition) is 7. The highest BCUT2D eigenvalue weighted by Crippen LogP contribution is 2.20. The molecule has 0 bridgehead atoms. The number of carbonyl (C=O) groups is 1. The van der Waals surface area contributed by atoms with Crippen molar-refractivity contribution in [1.82, 2.24) is 30.0 Å². The van der Waals surface area contributed by atoms with E-state index in [2.05, 4.69) is 26.2 Å². The van der Waals surface area contributed by atoms with Crippen molar-refractivity contribution in [2.75, 3.05) is 27.2 Å². The smallest absolute Gasteiger partial charge is 0.228 e. The third kappa shape index (κ3) is 5.22. The largest absolute Gasteiger partial charge is 0.337 e. The third-order valence-electron chi connectivity index (χ3n) is 4.13. The minimum atomic E-state index is 0.0145. The Morgan fingerprint density at radius 3 is 2.68 bits per heavy atom. The number of nitrogens with zero attached hydrogens (tertiary/aromatic N) is 6. The van der Waals surface area contributed by atoms with Crippen LogP contribution in [0.4, 0.5) is 0 Å². The van der Waals surface area contributed by atoms with Gasteiger partial charge in [0.05, 0.1) is 23.7 Å². The van der Waals surface area contributed by atoms with Crippen LogP contribution in [0.2, 0.25) is 0 Å². The van der Waals surface area contributed by atoms with Crippen LogP contribution in [0.1, 0.15) is 16.8 Å². The molecule has 3 rings (SSSR count). The Labute approximate surface area is 167 Å². The van der Waals surface area contributed by atoms with Crippen molar-refractivity contribution >= 4 is 17.2 Å². The summed E-state index contributed by atoms with van der Waals surface area (Å²) >= 11 is 1.43. The van der Waals surface area contributed by atoms with Gasteiger partial charge in [-0.3, -0.25) is 9.89 Å². The maximum atomic E-state index is 12.9. The van der Waals surface area contributed by atoms with Crippen LogP contribution in [0, 0.1) is 11.3 Å². The minimum Gasteiger partial charge on any atom is -0.337 e. The molecule has 0 atom stereocenters. The summed E-state index contributed by atoms with van der Waals surface area (Å²) in [5.74, 6) is 0.617. The second-order valence-electron chi connectivity index (χ2n) is 6.58. The van der Waals surface area contributed by atoms with Crippen molar-refractivity contribution in [2.24, 2.45) is 0 Å². The molecule has 0 aliphatic carbocycles. The number of aromatic amines is 1. The zero-order valence-electron chi connectivity index (χ0n) is 15.8. The average molecular weight is 395 g/mol. The molecule has 28 heavy (non-hydrogen) atoms. The van der Waals surface area contributed by atoms with E-state index in [0.29, 0.717) is 29.5 Å². The van der Waals surface area contributed by atoms with Crippen molar-refractivity contribution < 1.29 is 4.79 Å². The van der Waals surface area contributed by atoms with Crippen LogP contribution in [-0.4, -0.2) is 63.1 Å². The van der Waals surface area contributed by atoms with E-state index in [1.165, 1.54) is 17.7 Å². The highest BCUT2D eigenvalue weighted by Gasteiger charge is 2.17. The maximum Gasteiger partial charge on any atom is 0.228 e. The van der Waals surface area contributed by atoms with Gasteiger partial charge in [-0.25, -0.2) is 9.97 Å². The van der Waals surface area contributed by atoms with E-state index in [9.17, 15) is 4.79 Å². The Balaban J connectivity index is 1.69. The highest BCUT2D eigenvalue weighted by atomic mass is 32.1. The SMILES string of the molecule is CN(C)CCN(Cc1ccc(C#N)cc1)C(=O)Cc1csc(-c2ncn[nH]2)n1. The number of nitrogens with one attached hydrogen (secondary N) is 1. The molecule has 0 aliphatic heterocycles. The van der Waals surface area contributed by atoms with Gasteiger partial charge in [0, 0.05) is 25.0 Å². The molecule has 2 aromatic heterocycles. The lowest BCUT2D eigenvalue weighted by Gasteiger charge is -2.24. The molecular weight excluding hydrogens is 374 g/mol. The molecule has 0 spiro atoms. The van der Waals surface area contributed by atoms with E-state index in [1.807, 2.05) is 41.4 Å². The number of nitriles is 1. The quantitative estimate of drug-likeness (QED) is 0.625. The summed E-state index contributed by atoms with van der Waals surface area (Å²) in [6, 6.07) is 9.43. The summed E-state index contributed by atoms with van der Waals surface area (Å²) in [5.41, 5.74) is 2.32. The first-order valence-corrected chi connectivity index (χ1v) is 9.65. The number of aromatic nitrogens is 4. The lowest BCUT2D eigenvalue weighted by atomic mass is 10.1. The fraction of sp³-hybridized carbons (Fsp3) is 0.316. The van der Waals surface area contributed by atoms with Crippen molar-refractivity contribution in [1.29, 1.82) is 5.26 Å². The second-order valence-corrected chi connectivity index (χ2v) is 7.44. The molecule has 3 aromatic rings. The highest BCUT2D eigenvalue weighted by molar-refractivity contribution is 7.13. The van der Waals surface area contributed by atoms with Crippen LogP contribution in [-0.2, 0) is 17.8 Å². The lowest BCUT2D eigenvalue weighted by molar-refractivity contribution is -0.131. The zero-order valence-corrected chi connectivity index (χ0v) is 16.6. The van der Waals surface area contributed by atoms with Crippen LogP contribution in [0.25, 0.3) is 10.8 Å². The molecule has 1 amide bonds. The molecule has 2 heterocycles. The molecular formula is C19H21N7OS. The van der Waals surface area contributed by atoms with E-state index in [0.717, 1.165) is 17.8 Å². The lowest BCUT2D eigenvalue weighted by Crippen LogP contribution is -2.37. The van der Waals surface area contributed by atoms with E-state index in [4.69, 9.17) is 5.26 Å². The molecule has 9 heteroatoms. The van der Waals surface area contributed by atoms with Crippen LogP contribution >= 0.6 is 11.3 Å². The molecule has 0 fully saturated rings. The molecule has 0 saturated carbocycles. The van der Waals surface area contributed by atoms with Gasteiger partial charge < -0.3 is 9.80 Å². The van der Waals surface area contributed by atoms with E-state index in [1.54, 1.807) is 12.1 Å². The summed E-state index contributed by atoms with van der Waals surface area (Å²) in [5, 5.41) is 18.1. The molecule has 0 aliphatic rings. The topological polar surface area (TPSA) is 102 Å². The predicted octanol–water partition coefficient (Wildman–Crippen LogP) is 1.93. The van der Waals surface area contributed by atoms with Gasteiger partial charge in [0.15, 0.2) is 10.8 Å². The minimum absolute atomic E-state index is 0.0145. The normalized spacial score (nSPS) is 10.8. The first-order valence-electron chi connectivity index (χ1n) is 8.77. The van der Waals surface area contributed by atoms with E-state index >= 15 is 0 Å². The van der Waals surface area contributed by atoms with Crippen LogP contribution in [0.5, 0.6) is 0 Å². The van der Waals surface area contributed by atoms with E-state index < -0.39 is 0 Å². The van der Waals surface area contributed by atoms with Crippen molar-refractivity contribution in [3.8, 4) is 16.9 Å². The molecule has 1 N–H and O–H groups in total. The number of thiazole rings is 1. The Hall–Kier alpha value is -3.09. The van der Waals surface area contributed by atoms with Gasteiger partial charge in [0.1, 0.15) is 6.33 Å². The van der Waals surface area contributed by atoms with E-state index in [-0.39, 0.29) is 12.3 Å². The third-order valence-corrected chi connectivity index (χ3v) is 5.03. The first kappa shape index (κ1) is 19.7. The summed E-state index contributed by atoms with van der Waals surface area (Å²) in [4.78, 5) is 25.4. The van der Waals surface area contributed by atoms with Gasteiger partial charge in [-0.15, -0.1) is 11.3 Å². The van der Waals surface area contributed by atoms with Gasteiger partial charge in [-0.05, 0) is 31.8 Å². The van der Waals surface area contributed by atoms with Crippen molar-refractivity contribution in [2.45, 2.75) is 13.0 Å². The summed E-state index contributed by atoms with van der Waals surface area (Å²) in [6.45, 7) is 1.88. The first-order chi connectivity index (χ1) is 13.5. The number of benzene rings is 1. The monoisotopic (exact) mass is 395 g/mol. The number of H-pyrrole nitrogens is 1. The maximum absolute atomic E-state index is 12.9. The van der Waals surface area contributed by atoms with Crippen LogP contribution in [0.3, 0.4) is 0 Å². The molecule has 0 radical (unpaired) electrons. The molecule has 1 aromatic carbocycles. The van der Waals surface area contributed by atoms with Crippen LogP contribution < -0.4 is 0 Å². The Morgan fingerprint density at radius 1 is 1.25 bits per heavy atom. The van der Waals surface area contributed by atoms with Gasteiger partial charge >= 0.3 is 0 Å². The standard InChI is InChI=1S/C19H21N7OS/c1-25(2)7-8-26(11-15-5-3-14(10-20)4-6-15)17(27)9-16-12-28-19(23-16)18-21-13-22-24-18/h3-6,12-13H,7-9,11H2,1-2H3,(H,21,22,24). The number of likely N-dealkylation sites (N-methyl/N-ethyl adjacent to an activating group) is 1. The van der Waals surface area contributed by atoms with Gasteiger partial charge in [-0.1, -0.05) is 12.1 Å². The second kappa shape index (κ2) is 9.21. The fourth-order valence-electron chi connectivity index (χ4n) is 2.59. The number of rotatable bonds is 8. The Bertz CT molecular complexity index is 942. The molecule has 8 nitrogen and oxygen atoms in total. The number of amides is 1. The zero-order chi connectivity index (χ0) is 19.9. The Kier molecular flexibility index (Phi) is 6.47. The van der Waals surface area contributed by atoms with Crippen molar-refractivity contribution in [3.05, 3.63) is 52.8 Å². The number of hydrogen-bond donors (Lipinski definition) is 1. The predicted molar refractivity (Wildman–Crippen MR) is 106 cm³/mol. The van der Waals surface area contributed by atoms with Crippen molar-refractivity contribution in [3.63, 3.8) is 0 Å². The molecule has 0 saturated heterocycles. The summed E-state index contributed by atoms with van der Waals surface area (Å²) < 4.78 is 0. The summed E-state index contributed by atoms with van der Waals surface area (Å²) in [7, 11) is 3.96. The van der Waals surface area contributed by atoms with Crippen LogP contribution in [0.15, 0.2) is 36.0 Å². The average Bonchev–Trinajstić information content (AvgIpc) is 3.37. The Morgan fingerprint density at radius 2 is 2.04 bits per heavy atom. The fourth-order valence-corrected chi connectivity index (χ4v) is 3.35. The van der Waals surface area contributed by atoms with Gasteiger partial charge in [0.2, 0.25) is 5.91 Å². The summed E-state index contributed by atoms with van der Waals surface area (Å²) in [6.07, 6.45) is 1.66. The number of carbonyl (C=O) groups excluding carboxylic acids is 1.